The first-order chi connectivity index (χ1) is 7.13. The maximum atomic E-state index is 11.2. The monoisotopic (exact) mass is 342 g/mol. The number of aromatic amines is 1. The van der Waals surface area contributed by atoms with Crippen LogP contribution in [0.4, 0.5) is 10.6 Å². The molecule has 0 aliphatic carbocycles. The van der Waals surface area contributed by atoms with Crippen molar-refractivity contribution >= 4 is 46.0 Å². The number of H-pyrrole nitrogens is 1. The van der Waals surface area contributed by atoms with E-state index in [0.29, 0.717) is 21.8 Å². The molecule has 0 aliphatic heterocycles. The quantitative estimate of drug-likeness (QED) is 0.559. The van der Waals surface area contributed by atoms with Crippen LogP contribution in [0.3, 0.4) is 0 Å². The normalized spacial score (nSPS) is 9.73. The van der Waals surface area contributed by atoms with Gasteiger partial charge in [0.15, 0.2) is 0 Å². The number of urea groups is 1. The van der Waals surface area contributed by atoms with Gasteiger partial charge in [-0.3, -0.25) is 10.3 Å². The number of anilines is 1. The molecule has 0 unspecified atom stereocenters. The number of amides is 2. The average molecular weight is 343 g/mol. The van der Waals surface area contributed by atoms with Crippen molar-refractivity contribution in [1.82, 2.24) is 15.3 Å². The molecule has 1 heterocycles. The molecule has 6 nitrogen and oxygen atoms in total. The molecule has 1 rings (SSSR count). The highest BCUT2D eigenvalue weighted by Crippen LogP contribution is 2.10. The van der Waals surface area contributed by atoms with Crippen molar-refractivity contribution in [3.05, 3.63) is 20.3 Å². The Morgan fingerprint density at radius 2 is 2.40 bits per heavy atom. The molecule has 1 aromatic heterocycles. The summed E-state index contributed by atoms with van der Waals surface area (Å²) in [5.41, 5.74) is -0.511. The second-order valence-corrected chi connectivity index (χ2v) is 4.02. The molecule has 0 spiro atoms. The lowest BCUT2D eigenvalue weighted by Gasteiger charge is -2.06. The van der Waals surface area contributed by atoms with E-state index in [-0.39, 0.29) is 0 Å². The van der Waals surface area contributed by atoms with Gasteiger partial charge in [-0.1, -0.05) is 0 Å². The number of nitrogens with zero attached hydrogens (tertiary/aromatic N) is 1. The van der Waals surface area contributed by atoms with Crippen molar-refractivity contribution in [2.75, 3.05) is 17.7 Å². The number of alkyl halides is 1. The first-order valence-corrected chi connectivity index (χ1v) is 5.60. The Labute approximate surface area is 104 Å². The van der Waals surface area contributed by atoms with Gasteiger partial charge in [0.25, 0.3) is 0 Å². The Morgan fingerprint density at radius 1 is 1.67 bits per heavy atom. The highest BCUT2D eigenvalue weighted by atomic mass is 127. The van der Waals surface area contributed by atoms with Gasteiger partial charge in [-0.25, -0.2) is 14.6 Å². The molecule has 0 saturated carbocycles. The minimum atomic E-state index is -0.511. The van der Waals surface area contributed by atoms with E-state index in [4.69, 9.17) is 11.6 Å². The predicted molar refractivity (Wildman–Crippen MR) is 65.3 cm³/mol. The van der Waals surface area contributed by atoms with Crippen LogP contribution in [0, 0.1) is 3.57 Å². The Balaban J connectivity index is 2.67. The third kappa shape index (κ3) is 4.04. The highest BCUT2D eigenvalue weighted by molar-refractivity contribution is 14.1. The number of aromatic nitrogens is 2. The van der Waals surface area contributed by atoms with Crippen molar-refractivity contribution in [2.45, 2.75) is 0 Å². The van der Waals surface area contributed by atoms with E-state index in [9.17, 15) is 9.59 Å². The van der Waals surface area contributed by atoms with Gasteiger partial charge >= 0.3 is 11.7 Å². The van der Waals surface area contributed by atoms with E-state index in [1.54, 1.807) is 0 Å². The van der Waals surface area contributed by atoms with E-state index >= 15 is 0 Å². The van der Waals surface area contributed by atoms with Crippen LogP contribution in [0.1, 0.15) is 0 Å². The van der Waals surface area contributed by atoms with Gasteiger partial charge in [0.1, 0.15) is 5.82 Å². The molecule has 1 aromatic rings. The topological polar surface area (TPSA) is 86.9 Å². The minimum absolute atomic E-state index is 0.322. The fraction of sp³-hybridized carbons (Fsp3) is 0.286. The van der Waals surface area contributed by atoms with Crippen LogP contribution in [0.25, 0.3) is 0 Å². The molecular weight excluding hydrogens is 334 g/mol. The molecular formula is C7H8ClIN4O2. The predicted octanol–water partition coefficient (Wildman–Crippen LogP) is 0.735. The van der Waals surface area contributed by atoms with Crippen LogP contribution in [0.5, 0.6) is 0 Å². The number of carbonyl (C=O) groups is 1. The molecule has 0 bridgehead atoms. The number of carbonyl (C=O) groups excluding carboxylic acids is 1. The van der Waals surface area contributed by atoms with E-state index in [1.165, 1.54) is 6.20 Å². The van der Waals surface area contributed by atoms with Crippen LogP contribution in [0.2, 0.25) is 0 Å². The lowest BCUT2D eigenvalue weighted by Crippen LogP contribution is -2.31. The summed E-state index contributed by atoms with van der Waals surface area (Å²) in [5, 5.41) is 4.97. The van der Waals surface area contributed by atoms with Gasteiger partial charge in [-0.2, -0.15) is 0 Å². The van der Waals surface area contributed by atoms with Crippen molar-refractivity contribution < 1.29 is 4.79 Å². The number of rotatable bonds is 3. The smallest absolute Gasteiger partial charge is 0.337 e. The van der Waals surface area contributed by atoms with Gasteiger partial charge in [-0.15, -0.1) is 11.6 Å². The molecule has 15 heavy (non-hydrogen) atoms. The van der Waals surface area contributed by atoms with Gasteiger partial charge in [0.05, 0.1) is 3.57 Å². The highest BCUT2D eigenvalue weighted by Gasteiger charge is 2.05. The number of hydrogen-bond donors (Lipinski definition) is 3. The van der Waals surface area contributed by atoms with Crippen LogP contribution >= 0.6 is 34.2 Å². The number of halogens is 2. The van der Waals surface area contributed by atoms with Crippen molar-refractivity contribution in [1.29, 1.82) is 0 Å². The van der Waals surface area contributed by atoms with Gasteiger partial charge in [0.2, 0.25) is 0 Å². The largest absolute Gasteiger partial charge is 0.346 e. The SMILES string of the molecule is O=C(NCCCl)Nc1[nH]c(=O)ncc1I. The van der Waals surface area contributed by atoms with Crippen molar-refractivity contribution in [3.63, 3.8) is 0 Å². The van der Waals surface area contributed by atoms with Crippen LogP contribution in [-0.2, 0) is 0 Å². The van der Waals surface area contributed by atoms with E-state index in [0.717, 1.165) is 0 Å². The standard InChI is InChI=1S/C7H8ClIN4O2/c8-1-2-10-6(14)12-5-4(9)3-11-7(15)13-5/h3H,1-2H2,(H3,10,11,12,13,14,15). The lowest BCUT2D eigenvalue weighted by atomic mass is 10.6. The third-order valence-electron chi connectivity index (χ3n) is 1.38. The fourth-order valence-electron chi connectivity index (χ4n) is 0.788. The molecule has 0 saturated heterocycles. The van der Waals surface area contributed by atoms with Crippen LogP contribution < -0.4 is 16.3 Å². The van der Waals surface area contributed by atoms with E-state index in [1.807, 2.05) is 22.6 Å². The van der Waals surface area contributed by atoms with Gasteiger partial charge in [0, 0.05) is 18.6 Å². The first kappa shape index (κ1) is 12.2. The molecule has 0 fully saturated rings. The Morgan fingerprint density at radius 3 is 3.07 bits per heavy atom. The van der Waals surface area contributed by atoms with E-state index < -0.39 is 11.7 Å². The number of nitrogens with one attached hydrogen (secondary N) is 3. The number of hydrogen-bond acceptors (Lipinski definition) is 3. The van der Waals surface area contributed by atoms with Gasteiger partial charge < -0.3 is 5.32 Å². The van der Waals surface area contributed by atoms with E-state index in [2.05, 4.69) is 20.6 Å². The summed E-state index contributed by atoms with van der Waals surface area (Å²) < 4.78 is 0.647. The molecule has 3 N–H and O–H groups in total. The Hall–Kier alpha value is -0.830. The summed E-state index contributed by atoms with van der Waals surface area (Å²) in [6.45, 7) is 0.360. The minimum Gasteiger partial charge on any atom is -0.337 e. The second kappa shape index (κ2) is 5.91. The molecule has 0 atom stereocenters. The van der Waals surface area contributed by atoms with Crippen molar-refractivity contribution in [2.24, 2.45) is 0 Å². The van der Waals surface area contributed by atoms with Crippen molar-refractivity contribution in [3.8, 4) is 0 Å². The lowest BCUT2D eigenvalue weighted by molar-refractivity contribution is 0.252. The summed E-state index contributed by atoms with van der Waals surface area (Å²) in [6, 6.07) is -0.421. The zero-order valence-corrected chi connectivity index (χ0v) is 10.4. The molecule has 0 aromatic carbocycles. The zero-order chi connectivity index (χ0) is 11.3. The molecule has 2 amide bonds. The molecule has 82 valence electrons. The second-order valence-electron chi connectivity index (χ2n) is 2.48. The maximum Gasteiger partial charge on any atom is 0.346 e. The first-order valence-electron chi connectivity index (χ1n) is 3.99. The fourth-order valence-corrected chi connectivity index (χ4v) is 1.29. The summed E-state index contributed by atoms with van der Waals surface area (Å²) in [6.07, 6.45) is 1.37. The zero-order valence-electron chi connectivity index (χ0n) is 7.51. The summed E-state index contributed by atoms with van der Waals surface area (Å²) in [4.78, 5) is 28.0. The molecule has 0 radical (unpaired) electrons. The summed E-state index contributed by atoms with van der Waals surface area (Å²) in [7, 11) is 0. The van der Waals surface area contributed by atoms with Crippen LogP contribution in [-0.4, -0.2) is 28.4 Å². The Bertz CT molecular complexity index is 408. The molecule has 0 aliphatic rings. The maximum absolute atomic E-state index is 11.2. The Kier molecular flexibility index (Phi) is 4.82. The van der Waals surface area contributed by atoms with Crippen LogP contribution in [0.15, 0.2) is 11.0 Å². The van der Waals surface area contributed by atoms with Gasteiger partial charge in [-0.05, 0) is 22.6 Å². The summed E-state index contributed by atoms with van der Waals surface area (Å²) in [5.74, 6) is 0.653. The third-order valence-corrected chi connectivity index (χ3v) is 2.39. The average Bonchev–Trinajstić information content (AvgIpc) is 2.20. The molecule has 8 heteroatoms. The summed E-state index contributed by atoms with van der Waals surface area (Å²) >= 11 is 7.34.